The molecule has 0 unspecified atom stereocenters. The van der Waals surface area contributed by atoms with Gasteiger partial charge in [-0.15, -0.1) is 0 Å². The fourth-order valence-corrected chi connectivity index (χ4v) is 1.64. The van der Waals surface area contributed by atoms with E-state index in [-0.39, 0.29) is 0 Å². The van der Waals surface area contributed by atoms with E-state index in [1.54, 1.807) is 0 Å². The topological polar surface area (TPSA) is 26.5 Å². The van der Waals surface area contributed by atoms with E-state index in [1.165, 1.54) is 18.5 Å². The molecule has 0 saturated heterocycles. The molecular weight excluding hydrogens is 172 g/mol. The number of hydrogen-bond donors (Lipinski definition) is 0. The SMILES string of the molecule is C1=C(C2CC2)[N]N=C1c1ccccc1. The molecule has 14 heavy (non-hydrogen) atoms. The second kappa shape index (κ2) is 2.98. The summed E-state index contributed by atoms with van der Waals surface area (Å²) in [5, 5.41) is 4.20. The smallest absolute Gasteiger partial charge is 0.0948 e. The summed E-state index contributed by atoms with van der Waals surface area (Å²) < 4.78 is 0. The summed E-state index contributed by atoms with van der Waals surface area (Å²) in [5.74, 6) is 0.694. The standard InChI is InChI=1S/C12H11N2/c1-2-4-9(5-3-1)11-8-12(14-13-11)10-6-7-10/h1-5,8,10H,6-7H2. The number of rotatable bonds is 2. The van der Waals surface area contributed by atoms with Crippen LogP contribution in [0.15, 0.2) is 47.2 Å². The lowest BCUT2D eigenvalue weighted by molar-refractivity contribution is 0.797. The molecule has 0 amide bonds. The molecule has 0 aromatic heterocycles. The van der Waals surface area contributed by atoms with E-state index in [1.807, 2.05) is 18.2 Å². The van der Waals surface area contributed by atoms with Gasteiger partial charge in [0.2, 0.25) is 0 Å². The molecule has 2 nitrogen and oxygen atoms in total. The van der Waals surface area contributed by atoms with E-state index >= 15 is 0 Å². The number of nitrogens with zero attached hydrogens (tertiary/aromatic N) is 2. The van der Waals surface area contributed by atoms with Crippen molar-refractivity contribution in [2.24, 2.45) is 11.0 Å². The van der Waals surface area contributed by atoms with Crippen LogP contribution in [-0.2, 0) is 0 Å². The van der Waals surface area contributed by atoms with E-state index in [4.69, 9.17) is 0 Å². The molecule has 2 heteroatoms. The van der Waals surface area contributed by atoms with Crippen LogP contribution in [0.25, 0.3) is 0 Å². The molecule has 69 valence electrons. The highest BCUT2D eigenvalue weighted by Gasteiger charge is 2.29. The van der Waals surface area contributed by atoms with Crippen LogP contribution in [-0.4, -0.2) is 5.71 Å². The van der Waals surface area contributed by atoms with Crippen LogP contribution in [0.1, 0.15) is 18.4 Å². The maximum absolute atomic E-state index is 4.20. The maximum Gasteiger partial charge on any atom is 0.0948 e. The van der Waals surface area contributed by atoms with Crippen LogP contribution < -0.4 is 5.43 Å². The highest BCUT2D eigenvalue weighted by atomic mass is 15.3. The van der Waals surface area contributed by atoms with Gasteiger partial charge in [-0.05, 0) is 18.9 Å². The molecule has 3 rings (SSSR count). The Morgan fingerprint density at radius 2 is 1.86 bits per heavy atom. The minimum absolute atomic E-state index is 0.694. The zero-order valence-corrected chi connectivity index (χ0v) is 7.85. The fourth-order valence-electron chi connectivity index (χ4n) is 1.64. The first-order valence-corrected chi connectivity index (χ1v) is 4.99. The van der Waals surface area contributed by atoms with Crippen LogP contribution in [0.5, 0.6) is 0 Å². The average molecular weight is 183 g/mol. The van der Waals surface area contributed by atoms with Gasteiger partial charge < -0.3 is 0 Å². The fraction of sp³-hybridized carbons (Fsp3) is 0.250. The summed E-state index contributed by atoms with van der Waals surface area (Å²) >= 11 is 0. The van der Waals surface area contributed by atoms with Crippen molar-refractivity contribution in [1.29, 1.82) is 0 Å². The molecule has 0 N–H and O–H groups in total. The van der Waals surface area contributed by atoms with Gasteiger partial charge in [0.05, 0.1) is 11.4 Å². The Labute approximate surface area is 83.3 Å². The molecule has 2 aliphatic rings. The maximum atomic E-state index is 4.20. The van der Waals surface area contributed by atoms with Crippen LogP contribution in [0.3, 0.4) is 0 Å². The third-order valence-electron chi connectivity index (χ3n) is 2.62. The molecule has 1 aliphatic carbocycles. The Bertz CT molecular complexity index is 400. The third-order valence-corrected chi connectivity index (χ3v) is 2.62. The lowest BCUT2D eigenvalue weighted by atomic mass is 10.1. The van der Waals surface area contributed by atoms with Crippen LogP contribution >= 0.6 is 0 Å². The summed E-state index contributed by atoms with van der Waals surface area (Å²) in [7, 11) is 0. The van der Waals surface area contributed by atoms with E-state index in [2.05, 4.69) is 28.7 Å². The van der Waals surface area contributed by atoms with Crippen molar-refractivity contribution in [3.05, 3.63) is 47.7 Å². The summed E-state index contributed by atoms with van der Waals surface area (Å²) in [4.78, 5) is 0. The van der Waals surface area contributed by atoms with E-state index in [0.717, 1.165) is 11.3 Å². The molecule has 1 radical (unpaired) electrons. The first-order valence-electron chi connectivity index (χ1n) is 4.99. The van der Waals surface area contributed by atoms with Gasteiger partial charge >= 0.3 is 0 Å². The zero-order valence-electron chi connectivity index (χ0n) is 7.85. The summed E-state index contributed by atoms with van der Waals surface area (Å²) in [5.41, 5.74) is 7.54. The first-order chi connectivity index (χ1) is 6.93. The Kier molecular flexibility index (Phi) is 1.66. The largest absolute Gasteiger partial charge is 0.155 e. The van der Waals surface area contributed by atoms with E-state index in [0.29, 0.717) is 5.92 Å². The van der Waals surface area contributed by atoms with Crippen molar-refractivity contribution >= 4 is 5.71 Å². The van der Waals surface area contributed by atoms with Gasteiger partial charge in [-0.2, -0.15) is 10.5 Å². The summed E-state index contributed by atoms with van der Waals surface area (Å²) in [6.45, 7) is 0. The van der Waals surface area contributed by atoms with Gasteiger partial charge in [-0.1, -0.05) is 30.3 Å². The summed E-state index contributed by atoms with van der Waals surface area (Å²) in [6, 6.07) is 10.2. The predicted octanol–water partition coefficient (Wildman–Crippen LogP) is 2.30. The van der Waals surface area contributed by atoms with Gasteiger partial charge in [0.1, 0.15) is 0 Å². The number of hydrogen-bond acceptors (Lipinski definition) is 1. The van der Waals surface area contributed by atoms with Crippen molar-refractivity contribution in [1.82, 2.24) is 5.43 Å². The van der Waals surface area contributed by atoms with Gasteiger partial charge in [-0.3, -0.25) is 0 Å². The average Bonchev–Trinajstić information content (AvgIpc) is 2.98. The molecule has 1 aromatic carbocycles. The second-order valence-electron chi connectivity index (χ2n) is 3.79. The van der Waals surface area contributed by atoms with E-state index < -0.39 is 0 Å². The quantitative estimate of drug-likeness (QED) is 0.672. The molecule has 0 atom stereocenters. The van der Waals surface area contributed by atoms with Crippen molar-refractivity contribution in [2.45, 2.75) is 12.8 Å². The molecule has 0 spiro atoms. The minimum Gasteiger partial charge on any atom is -0.155 e. The molecular formula is C12H11N2. The van der Waals surface area contributed by atoms with Crippen molar-refractivity contribution < 1.29 is 0 Å². The molecule has 1 aromatic rings. The van der Waals surface area contributed by atoms with E-state index in [9.17, 15) is 0 Å². The lowest BCUT2D eigenvalue weighted by Gasteiger charge is -1.93. The van der Waals surface area contributed by atoms with Crippen molar-refractivity contribution in [2.75, 3.05) is 0 Å². The first kappa shape index (κ1) is 7.80. The molecule has 1 heterocycles. The highest BCUT2D eigenvalue weighted by molar-refractivity contribution is 6.10. The van der Waals surface area contributed by atoms with Gasteiger partial charge in [-0.25, -0.2) is 0 Å². The number of allylic oxidation sites excluding steroid dienone is 2. The lowest BCUT2D eigenvalue weighted by Crippen LogP contribution is -1.92. The monoisotopic (exact) mass is 183 g/mol. The Morgan fingerprint density at radius 1 is 1.07 bits per heavy atom. The van der Waals surface area contributed by atoms with Crippen LogP contribution in [0.2, 0.25) is 0 Å². The highest BCUT2D eigenvalue weighted by Crippen LogP contribution is 2.37. The molecule has 1 fully saturated rings. The van der Waals surface area contributed by atoms with Crippen molar-refractivity contribution in [3.63, 3.8) is 0 Å². The normalized spacial score (nSPS) is 20.0. The van der Waals surface area contributed by atoms with Crippen LogP contribution in [0.4, 0.5) is 0 Å². The Balaban J connectivity index is 1.87. The Hall–Kier alpha value is -1.57. The van der Waals surface area contributed by atoms with Crippen molar-refractivity contribution in [3.8, 4) is 0 Å². The third kappa shape index (κ3) is 1.33. The van der Waals surface area contributed by atoms with Gasteiger partial charge in [0.25, 0.3) is 0 Å². The molecule has 1 aliphatic heterocycles. The second-order valence-corrected chi connectivity index (χ2v) is 3.79. The predicted molar refractivity (Wildman–Crippen MR) is 55.9 cm³/mol. The van der Waals surface area contributed by atoms with Gasteiger partial charge in [0, 0.05) is 11.5 Å². The zero-order chi connectivity index (χ0) is 9.38. The Morgan fingerprint density at radius 3 is 2.57 bits per heavy atom. The molecule has 1 saturated carbocycles. The number of benzene rings is 1. The molecule has 0 bridgehead atoms. The van der Waals surface area contributed by atoms with Gasteiger partial charge in [0.15, 0.2) is 0 Å². The minimum atomic E-state index is 0.694. The van der Waals surface area contributed by atoms with Crippen LogP contribution in [0, 0.1) is 5.92 Å². The summed E-state index contributed by atoms with van der Waals surface area (Å²) in [6.07, 6.45) is 4.69.